The van der Waals surface area contributed by atoms with Crippen LogP contribution in [0.15, 0.2) is 0 Å². The lowest BCUT2D eigenvalue weighted by Gasteiger charge is -2.22. The van der Waals surface area contributed by atoms with Gasteiger partial charge in [-0.05, 0) is 20.6 Å². The minimum Gasteiger partial charge on any atom is -0.395 e. The van der Waals surface area contributed by atoms with E-state index in [4.69, 9.17) is 5.11 Å². The van der Waals surface area contributed by atoms with E-state index in [0.29, 0.717) is 0 Å². The van der Waals surface area contributed by atoms with Crippen molar-refractivity contribution in [3.63, 3.8) is 0 Å². The molecule has 0 saturated carbocycles. The minimum absolute atomic E-state index is 0.244. The highest BCUT2D eigenvalue weighted by Gasteiger charge is 1.98. The van der Waals surface area contributed by atoms with Crippen molar-refractivity contribution in [2.24, 2.45) is 0 Å². The van der Waals surface area contributed by atoms with E-state index in [0.717, 1.165) is 19.8 Å². The zero-order chi connectivity index (χ0) is 7.98. The lowest BCUT2D eigenvalue weighted by atomic mass is 10.6. The Balaban J connectivity index is 3.27. The van der Waals surface area contributed by atoms with E-state index in [1.165, 1.54) is 0 Å². The Morgan fingerprint density at radius 3 is 2.20 bits per heavy atom. The topological polar surface area (TPSA) is 26.7 Å². The van der Waals surface area contributed by atoms with Gasteiger partial charge >= 0.3 is 0 Å². The summed E-state index contributed by atoms with van der Waals surface area (Å²) in [5.74, 6) is 0. The molecule has 0 radical (unpaired) electrons. The first-order valence-corrected chi connectivity index (χ1v) is 3.68. The Morgan fingerprint density at radius 2 is 1.80 bits per heavy atom. The van der Waals surface area contributed by atoms with Crippen molar-refractivity contribution in [3.8, 4) is 0 Å². The Morgan fingerprint density at radius 1 is 1.20 bits per heavy atom. The molecular formula is C7H18N2O. The summed E-state index contributed by atoms with van der Waals surface area (Å²) in [6.07, 6.45) is 0. The summed E-state index contributed by atoms with van der Waals surface area (Å²) in [7, 11) is 4.07. The summed E-state index contributed by atoms with van der Waals surface area (Å²) >= 11 is 0. The van der Waals surface area contributed by atoms with E-state index in [1.807, 2.05) is 7.05 Å². The smallest absolute Gasteiger partial charge is 0.0558 e. The average molecular weight is 146 g/mol. The summed E-state index contributed by atoms with van der Waals surface area (Å²) in [5.41, 5.74) is 0. The molecule has 3 nitrogen and oxygen atoms in total. The Hall–Kier alpha value is -0.120. The molecule has 10 heavy (non-hydrogen) atoms. The van der Waals surface area contributed by atoms with Gasteiger partial charge in [-0.3, -0.25) is 9.80 Å². The normalized spacial score (nSPS) is 11.4. The molecule has 0 aliphatic rings. The molecule has 0 heterocycles. The van der Waals surface area contributed by atoms with Crippen LogP contribution < -0.4 is 0 Å². The van der Waals surface area contributed by atoms with Crippen LogP contribution in [0.25, 0.3) is 0 Å². The molecule has 0 bridgehead atoms. The Bertz CT molecular complexity index is 78.0. The van der Waals surface area contributed by atoms with E-state index in [1.54, 1.807) is 0 Å². The zero-order valence-electron chi connectivity index (χ0n) is 7.17. The SMILES string of the molecule is CCN(C)CN(C)CCO. The zero-order valence-corrected chi connectivity index (χ0v) is 7.17. The van der Waals surface area contributed by atoms with Crippen LogP contribution in [0.5, 0.6) is 0 Å². The summed E-state index contributed by atoms with van der Waals surface area (Å²) in [4.78, 5) is 4.28. The molecule has 0 aliphatic heterocycles. The van der Waals surface area contributed by atoms with Crippen LogP contribution in [-0.4, -0.2) is 55.4 Å². The quantitative estimate of drug-likeness (QED) is 0.545. The van der Waals surface area contributed by atoms with Crippen molar-refractivity contribution in [2.45, 2.75) is 6.92 Å². The van der Waals surface area contributed by atoms with Gasteiger partial charge in [-0.25, -0.2) is 0 Å². The van der Waals surface area contributed by atoms with Crippen LogP contribution in [0.1, 0.15) is 6.92 Å². The van der Waals surface area contributed by atoms with Gasteiger partial charge in [0.25, 0.3) is 0 Å². The van der Waals surface area contributed by atoms with Crippen LogP contribution >= 0.6 is 0 Å². The predicted octanol–water partition coefficient (Wildman–Crippen LogP) is -0.180. The Labute approximate surface area is 63.2 Å². The number of likely N-dealkylation sites (N-methyl/N-ethyl adjacent to an activating group) is 1. The van der Waals surface area contributed by atoms with Gasteiger partial charge in [0.05, 0.1) is 13.3 Å². The molecular weight excluding hydrogens is 128 g/mol. The molecule has 0 rings (SSSR count). The third-order valence-corrected chi connectivity index (χ3v) is 1.50. The third-order valence-electron chi connectivity index (χ3n) is 1.50. The molecule has 0 aromatic carbocycles. The van der Waals surface area contributed by atoms with Crippen molar-refractivity contribution >= 4 is 0 Å². The highest BCUT2D eigenvalue weighted by Crippen LogP contribution is 1.85. The fourth-order valence-electron chi connectivity index (χ4n) is 0.754. The van der Waals surface area contributed by atoms with Gasteiger partial charge in [-0.2, -0.15) is 0 Å². The molecule has 0 spiro atoms. The van der Waals surface area contributed by atoms with E-state index >= 15 is 0 Å². The molecule has 0 atom stereocenters. The van der Waals surface area contributed by atoms with E-state index in [-0.39, 0.29) is 6.61 Å². The van der Waals surface area contributed by atoms with Gasteiger partial charge in [0.2, 0.25) is 0 Å². The number of hydrogen-bond donors (Lipinski definition) is 1. The van der Waals surface area contributed by atoms with Gasteiger partial charge in [-0.1, -0.05) is 6.92 Å². The monoisotopic (exact) mass is 146 g/mol. The maximum Gasteiger partial charge on any atom is 0.0558 e. The highest BCUT2D eigenvalue weighted by atomic mass is 16.3. The van der Waals surface area contributed by atoms with Crippen molar-refractivity contribution < 1.29 is 5.11 Å². The molecule has 0 unspecified atom stereocenters. The number of aliphatic hydroxyl groups excluding tert-OH is 1. The summed E-state index contributed by atoms with van der Waals surface area (Å²) in [6.45, 7) is 5.10. The first kappa shape index (κ1) is 9.88. The van der Waals surface area contributed by atoms with Gasteiger partial charge in [0, 0.05) is 6.54 Å². The van der Waals surface area contributed by atoms with Crippen LogP contribution in [0.2, 0.25) is 0 Å². The van der Waals surface area contributed by atoms with E-state index in [9.17, 15) is 0 Å². The van der Waals surface area contributed by atoms with Gasteiger partial charge < -0.3 is 5.11 Å². The second kappa shape index (κ2) is 5.65. The number of rotatable bonds is 5. The number of hydrogen-bond acceptors (Lipinski definition) is 3. The second-order valence-electron chi connectivity index (χ2n) is 2.62. The van der Waals surface area contributed by atoms with Crippen LogP contribution in [0, 0.1) is 0 Å². The maximum absolute atomic E-state index is 8.56. The molecule has 0 aromatic heterocycles. The third kappa shape index (κ3) is 4.73. The number of nitrogens with zero attached hydrogens (tertiary/aromatic N) is 2. The van der Waals surface area contributed by atoms with E-state index in [2.05, 4.69) is 23.8 Å². The minimum atomic E-state index is 0.244. The van der Waals surface area contributed by atoms with Crippen molar-refractivity contribution in [1.29, 1.82) is 0 Å². The fraction of sp³-hybridized carbons (Fsp3) is 1.00. The lowest BCUT2D eigenvalue weighted by molar-refractivity contribution is 0.155. The van der Waals surface area contributed by atoms with Crippen molar-refractivity contribution in [2.75, 3.05) is 40.5 Å². The standard InChI is InChI=1S/C7H18N2O/c1-4-8(2)7-9(3)5-6-10/h10H,4-7H2,1-3H3. The van der Waals surface area contributed by atoms with Crippen molar-refractivity contribution in [1.82, 2.24) is 9.80 Å². The lowest BCUT2D eigenvalue weighted by Crippen LogP contribution is -2.34. The van der Waals surface area contributed by atoms with Crippen LogP contribution in [0.4, 0.5) is 0 Å². The van der Waals surface area contributed by atoms with Crippen molar-refractivity contribution in [3.05, 3.63) is 0 Å². The first-order valence-electron chi connectivity index (χ1n) is 3.68. The molecule has 62 valence electrons. The largest absolute Gasteiger partial charge is 0.395 e. The molecule has 3 heteroatoms. The first-order chi connectivity index (χ1) is 4.70. The molecule has 0 aliphatic carbocycles. The summed E-state index contributed by atoms with van der Waals surface area (Å²) in [6, 6.07) is 0. The number of aliphatic hydroxyl groups is 1. The fourth-order valence-corrected chi connectivity index (χ4v) is 0.754. The molecule has 0 saturated heterocycles. The van der Waals surface area contributed by atoms with Gasteiger partial charge in [0.15, 0.2) is 0 Å². The average Bonchev–Trinajstić information content (AvgIpc) is 1.88. The maximum atomic E-state index is 8.56. The predicted molar refractivity (Wildman–Crippen MR) is 42.9 cm³/mol. The summed E-state index contributed by atoms with van der Waals surface area (Å²) in [5, 5.41) is 8.56. The van der Waals surface area contributed by atoms with Gasteiger partial charge in [-0.15, -0.1) is 0 Å². The molecule has 0 aromatic rings. The van der Waals surface area contributed by atoms with Crippen LogP contribution in [0.3, 0.4) is 0 Å². The highest BCUT2D eigenvalue weighted by molar-refractivity contribution is 4.48. The molecule has 1 N–H and O–H groups in total. The summed E-state index contributed by atoms with van der Waals surface area (Å²) < 4.78 is 0. The molecule has 0 amide bonds. The van der Waals surface area contributed by atoms with E-state index < -0.39 is 0 Å². The second-order valence-corrected chi connectivity index (χ2v) is 2.62. The van der Waals surface area contributed by atoms with Gasteiger partial charge in [0.1, 0.15) is 0 Å². The Kier molecular flexibility index (Phi) is 5.58. The molecule has 0 fully saturated rings. The van der Waals surface area contributed by atoms with Crippen LogP contribution in [-0.2, 0) is 0 Å².